The Hall–Kier alpha value is -2.40. The standard InChI is InChI=1S/C24H31NO4/c1-5-26-21-9-16-13-25-14-17-10-22(27-6-2)24(29-8-4)12-19(17)20(15-25)18(16)11-23(21)28-7-3/h9-12,20H,5-8,13-15H2,1-4H3. The molecule has 0 aromatic heterocycles. The van der Waals surface area contributed by atoms with Gasteiger partial charge in [0.1, 0.15) is 0 Å². The molecule has 4 rings (SSSR count). The van der Waals surface area contributed by atoms with E-state index in [1.165, 1.54) is 22.3 Å². The fourth-order valence-electron chi connectivity index (χ4n) is 4.52. The third-order valence-electron chi connectivity index (χ3n) is 5.59. The minimum absolute atomic E-state index is 0.298. The van der Waals surface area contributed by atoms with E-state index in [9.17, 15) is 0 Å². The van der Waals surface area contributed by atoms with E-state index < -0.39 is 0 Å². The zero-order valence-electron chi connectivity index (χ0n) is 17.9. The fourth-order valence-corrected chi connectivity index (χ4v) is 4.52. The molecule has 0 saturated heterocycles. The molecular formula is C24H31NO4. The van der Waals surface area contributed by atoms with Crippen molar-refractivity contribution < 1.29 is 18.9 Å². The number of benzene rings is 2. The molecule has 0 amide bonds. The van der Waals surface area contributed by atoms with E-state index in [2.05, 4.69) is 29.2 Å². The molecule has 5 nitrogen and oxygen atoms in total. The summed E-state index contributed by atoms with van der Waals surface area (Å²) < 4.78 is 23.5. The summed E-state index contributed by atoms with van der Waals surface area (Å²) in [4.78, 5) is 2.50. The van der Waals surface area contributed by atoms with Crippen LogP contribution in [0, 0.1) is 0 Å². The van der Waals surface area contributed by atoms with E-state index in [0.717, 1.165) is 42.6 Å². The van der Waals surface area contributed by atoms with E-state index >= 15 is 0 Å². The quantitative estimate of drug-likeness (QED) is 0.643. The lowest BCUT2D eigenvalue weighted by atomic mass is 9.79. The second kappa shape index (κ2) is 8.54. The van der Waals surface area contributed by atoms with Gasteiger partial charge in [-0.2, -0.15) is 0 Å². The van der Waals surface area contributed by atoms with Crippen LogP contribution in [0.2, 0.25) is 0 Å². The van der Waals surface area contributed by atoms with Crippen LogP contribution in [0.1, 0.15) is 55.9 Å². The van der Waals surface area contributed by atoms with Gasteiger partial charge in [-0.15, -0.1) is 0 Å². The molecule has 0 unspecified atom stereocenters. The summed E-state index contributed by atoms with van der Waals surface area (Å²) in [5.74, 6) is 3.66. The van der Waals surface area contributed by atoms with E-state index in [1.807, 2.05) is 27.7 Å². The Morgan fingerprint density at radius 3 is 1.41 bits per heavy atom. The molecule has 156 valence electrons. The summed E-state index contributed by atoms with van der Waals surface area (Å²) in [7, 11) is 0. The topological polar surface area (TPSA) is 40.2 Å². The van der Waals surface area contributed by atoms with Crippen LogP contribution in [0.15, 0.2) is 24.3 Å². The Bertz CT molecular complexity index is 810. The Morgan fingerprint density at radius 2 is 1.03 bits per heavy atom. The van der Waals surface area contributed by atoms with Crippen molar-refractivity contribution in [3.05, 3.63) is 46.5 Å². The van der Waals surface area contributed by atoms with Crippen LogP contribution in [0.4, 0.5) is 0 Å². The molecule has 2 aliphatic rings. The van der Waals surface area contributed by atoms with Gasteiger partial charge in [-0.3, -0.25) is 4.90 Å². The number of hydrogen-bond acceptors (Lipinski definition) is 5. The predicted molar refractivity (Wildman–Crippen MR) is 114 cm³/mol. The van der Waals surface area contributed by atoms with Gasteiger partial charge in [0.2, 0.25) is 0 Å². The number of rotatable bonds is 8. The number of fused-ring (bicyclic) bond motifs is 6. The van der Waals surface area contributed by atoms with Gasteiger partial charge >= 0.3 is 0 Å². The first-order valence-corrected chi connectivity index (χ1v) is 10.8. The summed E-state index contributed by atoms with van der Waals surface area (Å²) in [5.41, 5.74) is 5.32. The van der Waals surface area contributed by atoms with E-state index in [-0.39, 0.29) is 0 Å². The van der Waals surface area contributed by atoms with Gasteiger partial charge in [-0.05, 0) is 74.2 Å². The van der Waals surface area contributed by atoms with Crippen molar-refractivity contribution >= 4 is 0 Å². The van der Waals surface area contributed by atoms with Gasteiger partial charge in [0.05, 0.1) is 26.4 Å². The molecule has 2 bridgehead atoms. The van der Waals surface area contributed by atoms with Crippen LogP contribution >= 0.6 is 0 Å². The van der Waals surface area contributed by atoms with Crippen LogP contribution in [-0.4, -0.2) is 37.9 Å². The summed E-state index contributed by atoms with van der Waals surface area (Å²) >= 11 is 0. The third-order valence-corrected chi connectivity index (χ3v) is 5.59. The van der Waals surface area contributed by atoms with E-state index in [1.54, 1.807) is 0 Å². The number of ether oxygens (including phenoxy) is 4. The Morgan fingerprint density at radius 1 is 0.655 bits per heavy atom. The largest absolute Gasteiger partial charge is 0.490 e. The molecule has 5 heteroatoms. The van der Waals surface area contributed by atoms with Crippen molar-refractivity contribution in [1.82, 2.24) is 4.90 Å². The zero-order chi connectivity index (χ0) is 20.4. The molecule has 0 fully saturated rings. The summed E-state index contributed by atoms with van der Waals surface area (Å²) in [5, 5.41) is 0. The van der Waals surface area contributed by atoms with Crippen molar-refractivity contribution in [2.24, 2.45) is 0 Å². The highest BCUT2D eigenvalue weighted by molar-refractivity contribution is 5.57. The second-order valence-corrected chi connectivity index (χ2v) is 7.45. The highest BCUT2D eigenvalue weighted by atomic mass is 16.5. The molecule has 2 aliphatic heterocycles. The molecule has 2 aromatic rings. The summed E-state index contributed by atoms with van der Waals surface area (Å²) in [6, 6.07) is 8.73. The predicted octanol–water partition coefficient (Wildman–Crippen LogP) is 4.74. The van der Waals surface area contributed by atoms with Gasteiger partial charge in [-0.1, -0.05) is 0 Å². The average molecular weight is 398 g/mol. The summed E-state index contributed by atoms with van der Waals surface area (Å²) in [6.07, 6.45) is 0. The van der Waals surface area contributed by atoms with Gasteiger partial charge in [0.15, 0.2) is 23.0 Å². The first kappa shape index (κ1) is 19.9. The molecule has 0 N–H and O–H groups in total. The minimum atomic E-state index is 0.298. The monoisotopic (exact) mass is 397 g/mol. The molecule has 0 atom stereocenters. The third kappa shape index (κ3) is 3.76. The molecule has 0 radical (unpaired) electrons. The van der Waals surface area contributed by atoms with Crippen molar-refractivity contribution in [2.75, 3.05) is 33.0 Å². The van der Waals surface area contributed by atoms with Crippen molar-refractivity contribution in [1.29, 1.82) is 0 Å². The first-order valence-electron chi connectivity index (χ1n) is 10.8. The van der Waals surface area contributed by atoms with Crippen LogP contribution in [0.25, 0.3) is 0 Å². The maximum atomic E-state index is 5.91. The maximum Gasteiger partial charge on any atom is 0.161 e. The minimum Gasteiger partial charge on any atom is -0.490 e. The van der Waals surface area contributed by atoms with Gasteiger partial charge in [0, 0.05) is 25.6 Å². The van der Waals surface area contributed by atoms with Gasteiger partial charge in [-0.25, -0.2) is 0 Å². The highest BCUT2D eigenvalue weighted by Gasteiger charge is 2.34. The normalized spacial score (nSPS) is 19.2. The molecule has 0 spiro atoms. The molecule has 0 aliphatic carbocycles. The van der Waals surface area contributed by atoms with Crippen LogP contribution < -0.4 is 18.9 Å². The fraction of sp³-hybridized carbons (Fsp3) is 0.500. The molecule has 0 saturated carbocycles. The van der Waals surface area contributed by atoms with Gasteiger partial charge < -0.3 is 18.9 Å². The highest BCUT2D eigenvalue weighted by Crippen LogP contribution is 2.46. The molecule has 2 aromatic carbocycles. The van der Waals surface area contributed by atoms with Crippen molar-refractivity contribution in [3.63, 3.8) is 0 Å². The second-order valence-electron chi connectivity index (χ2n) is 7.45. The Kier molecular flexibility index (Phi) is 5.86. The Labute approximate surface area is 173 Å². The number of hydrogen-bond donors (Lipinski definition) is 0. The number of nitrogens with zero attached hydrogens (tertiary/aromatic N) is 1. The summed E-state index contributed by atoms with van der Waals surface area (Å²) in [6.45, 7) is 13.4. The average Bonchev–Trinajstić information content (AvgIpc) is 2.70. The van der Waals surface area contributed by atoms with E-state index in [0.29, 0.717) is 32.3 Å². The Balaban J connectivity index is 1.80. The first-order chi connectivity index (χ1) is 14.2. The lowest BCUT2D eigenvalue weighted by molar-refractivity contribution is 0.211. The van der Waals surface area contributed by atoms with Crippen molar-refractivity contribution in [2.45, 2.75) is 46.7 Å². The molecular weight excluding hydrogens is 366 g/mol. The van der Waals surface area contributed by atoms with Crippen LogP contribution in [-0.2, 0) is 13.1 Å². The van der Waals surface area contributed by atoms with Crippen LogP contribution in [0.5, 0.6) is 23.0 Å². The SMILES string of the molecule is CCOc1cc2c(cc1OCC)C1CN(C2)Cc2cc(OCC)c(OCC)cc21. The van der Waals surface area contributed by atoms with Gasteiger partial charge in [0.25, 0.3) is 0 Å². The molecule has 2 heterocycles. The van der Waals surface area contributed by atoms with E-state index in [4.69, 9.17) is 18.9 Å². The van der Waals surface area contributed by atoms with Crippen molar-refractivity contribution in [3.8, 4) is 23.0 Å². The smallest absolute Gasteiger partial charge is 0.161 e. The molecule has 29 heavy (non-hydrogen) atoms. The zero-order valence-corrected chi connectivity index (χ0v) is 17.9. The lowest BCUT2D eigenvalue weighted by Crippen LogP contribution is -2.38. The van der Waals surface area contributed by atoms with Crippen LogP contribution in [0.3, 0.4) is 0 Å². The lowest BCUT2D eigenvalue weighted by Gasteiger charge is -2.41. The maximum absolute atomic E-state index is 5.91.